The Morgan fingerprint density at radius 2 is 0.556 bits per heavy atom. The quantitative estimate of drug-likeness (QED) is 0.171. The van der Waals surface area contributed by atoms with Gasteiger partial charge >= 0.3 is 21.7 Å². The van der Waals surface area contributed by atoms with Crippen LogP contribution in [0.1, 0.15) is 27.7 Å². The molecule has 0 aliphatic carbocycles. The maximum absolute atomic E-state index is 8.48. The van der Waals surface area contributed by atoms with E-state index in [4.69, 9.17) is 30.6 Å². The average molecular weight is 432 g/mol. The van der Waals surface area contributed by atoms with Gasteiger partial charge in [-0.15, -0.1) is 0 Å². The molecule has 166 valence electrons. The van der Waals surface area contributed by atoms with E-state index in [2.05, 4.69) is 0 Å². The molecular formula is C18H44N2O6Ti. The maximum atomic E-state index is 8.48. The van der Waals surface area contributed by atoms with Gasteiger partial charge < -0.3 is 43.5 Å². The SMILES string of the molecule is C[CH-]C.C[CH-]C.OCCN(CCO)CCO.OCCN(CCO)CCO.[Ti+2]. The van der Waals surface area contributed by atoms with Crippen LogP contribution in [0.15, 0.2) is 0 Å². The van der Waals surface area contributed by atoms with Gasteiger partial charge in [0.1, 0.15) is 0 Å². The van der Waals surface area contributed by atoms with E-state index < -0.39 is 0 Å². The zero-order valence-corrected chi connectivity index (χ0v) is 19.3. The first kappa shape index (κ1) is 38.1. The van der Waals surface area contributed by atoms with E-state index in [1.165, 1.54) is 0 Å². The summed E-state index contributed by atoms with van der Waals surface area (Å²) in [4.78, 5) is 3.58. The molecule has 0 aliphatic rings. The molecule has 0 radical (unpaired) electrons. The smallest absolute Gasteiger partial charge is 0.395 e. The Labute approximate surface area is 181 Å². The van der Waals surface area contributed by atoms with E-state index in [1.54, 1.807) is 9.80 Å². The van der Waals surface area contributed by atoms with Gasteiger partial charge in [-0.1, -0.05) is 0 Å². The number of nitrogens with zero attached hydrogens (tertiary/aromatic N) is 2. The number of aliphatic hydroxyl groups is 6. The fraction of sp³-hybridized carbons (Fsp3) is 0.889. The second-order valence-electron chi connectivity index (χ2n) is 5.18. The third-order valence-electron chi connectivity index (χ3n) is 2.50. The van der Waals surface area contributed by atoms with Crippen molar-refractivity contribution in [3.63, 3.8) is 0 Å². The van der Waals surface area contributed by atoms with E-state index in [0.29, 0.717) is 39.3 Å². The van der Waals surface area contributed by atoms with Gasteiger partial charge in [0, 0.05) is 39.3 Å². The van der Waals surface area contributed by atoms with Crippen molar-refractivity contribution >= 4 is 0 Å². The summed E-state index contributed by atoms with van der Waals surface area (Å²) in [6.45, 7) is 11.5. The Morgan fingerprint density at radius 1 is 0.444 bits per heavy atom. The van der Waals surface area contributed by atoms with Gasteiger partial charge in [-0.2, -0.15) is 27.7 Å². The molecule has 0 bridgehead atoms. The first-order valence-electron chi connectivity index (χ1n) is 9.10. The van der Waals surface area contributed by atoms with Crippen molar-refractivity contribution in [3.05, 3.63) is 12.8 Å². The fourth-order valence-electron chi connectivity index (χ4n) is 1.52. The average Bonchev–Trinajstić information content (AvgIpc) is 2.58. The first-order chi connectivity index (χ1) is 12.5. The van der Waals surface area contributed by atoms with Crippen molar-refractivity contribution in [2.24, 2.45) is 0 Å². The second kappa shape index (κ2) is 40.9. The molecule has 0 rings (SSSR count). The van der Waals surface area contributed by atoms with Gasteiger partial charge in [-0.3, -0.25) is 9.80 Å². The van der Waals surface area contributed by atoms with Crippen LogP contribution < -0.4 is 0 Å². The third kappa shape index (κ3) is 46.4. The standard InChI is InChI=1S/2C6H15NO3.2C3H7.Ti/c2*8-4-1-7(2-5-9)3-6-10;2*1-3-2;/h2*8-10H,1-6H2;2*3H,1-2H3;/q;;2*-1;+2. The molecule has 0 fully saturated rings. The Morgan fingerprint density at radius 3 is 0.630 bits per heavy atom. The fourth-order valence-corrected chi connectivity index (χ4v) is 1.52. The third-order valence-corrected chi connectivity index (χ3v) is 2.50. The Bertz CT molecular complexity index is 160. The summed E-state index contributed by atoms with van der Waals surface area (Å²) in [6.07, 6.45) is 4.00. The van der Waals surface area contributed by atoms with Crippen molar-refractivity contribution in [2.45, 2.75) is 27.7 Å². The topological polar surface area (TPSA) is 128 Å². The van der Waals surface area contributed by atoms with Crippen LogP contribution in [0.5, 0.6) is 0 Å². The maximum Gasteiger partial charge on any atom is 2.00 e. The minimum absolute atomic E-state index is 0. The molecule has 27 heavy (non-hydrogen) atoms. The second-order valence-corrected chi connectivity index (χ2v) is 5.18. The summed E-state index contributed by atoms with van der Waals surface area (Å²) < 4.78 is 0. The van der Waals surface area contributed by atoms with Crippen molar-refractivity contribution in [2.75, 3.05) is 78.9 Å². The molecule has 0 amide bonds. The molecule has 0 spiro atoms. The molecule has 0 saturated heterocycles. The molecule has 0 saturated carbocycles. The van der Waals surface area contributed by atoms with Gasteiger partial charge in [0.25, 0.3) is 0 Å². The van der Waals surface area contributed by atoms with Crippen LogP contribution >= 0.6 is 0 Å². The zero-order chi connectivity index (χ0) is 21.1. The first-order valence-corrected chi connectivity index (χ1v) is 9.10. The van der Waals surface area contributed by atoms with Crippen LogP contribution in [0.3, 0.4) is 0 Å². The summed E-state index contributed by atoms with van der Waals surface area (Å²) in [7, 11) is 0. The number of aliphatic hydroxyl groups excluding tert-OH is 6. The molecule has 0 aliphatic heterocycles. The normalized spacial score (nSPS) is 9.33. The van der Waals surface area contributed by atoms with Crippen LogP contribution in [-0.4, -0.2) is 119 Å². The molecule has 0 aromatic heterocycles. The van der Waals surface area contributed by atoms with Gasteiger partial charge in [0.05, 0.1) is 39.6 Å². The molecule has 0 aromatic rings. The van der Waals surface area contributed by atoms with E-state index in [9.17, 15) is 0 Å². The summed E-state index contributed by atoms with van der Waals surface area (Å²) in [5.74, 6) is 0. The van der Waals surface area contributed by atoms with Crippen molar-refractivity contribution in [1.82, 2.24) is 9.80 Å². The number of rotatable bonds is 12. The van der Waals surface area contributed by atoms with Crippen molar-refractivity contribution in [1.29, 1.82) is 0 Å². The number of hydrogen-bond donors (Lipinski definition) is 6. The summed E-state index contributed by atoms with van der Waals surface area (Å²) in [5.41, 5.74) is 0. The van der Waals surface area contributed by atoms with Crippen LogP contribution in [-0.2, 0) is 21.7 Å². The minimum Gasteiger partial charge on any atom is -0.395 e. The molecule has 9 heteroatoms. The molecular weight excluding hydrogens is 388 g/mol. The monoisotopic (exact) mass is 432 g/mol. The molecule has 0 atom stereocenters. The van der Waals surface area contributed by atoms with E-state index in [1.807, 2.05) is 40.5 Å². The van der Waals surface area contributed by atoms with E-state index in [-0.39, 0.29) is 61.4 Å². The molecule has 0 unspecified atom stereocenters. The predicted octanol–water partition coefficient (Wildman–Crippen LogP) is -1.01. The van der Waals surface area contributed by atoms with Gasteiger partial charge in [-0.25, -0.2) is 0 Å². The van der Waals surface area contributed by atoms with Crippen molar-refractivity contribution < 1.29 is 52.4 Å². The molecule has 0 heterocycles. The zero-order valence-electron chi connectivity index (χ0n) is 17.7. The Balaban J connectivity index is -0.0000000899. The number of hydrogen-bond acceptors (Lipinski definition) is 8. The van der Waals surface area contributed by atoms with Gasteiger partial charge in [0.15, 0.2) is 0 Å². The predicted molar refractivity (Wildman–Crippen MR) is 107 cm³/mol. The van der Waals surface area contributed by atoms with Crippen LogP contribution in [0, 0.1) is 12.8 Å². The van der Waals surface area contributed by atoms with E-state index >= 15 is 0 Å². The molecule has 6 N–H and O–H groups in total. The van der Waals surface area contributed by atoms with Gasteiger partial charge in [0.2, 0.25) is 0 Å². The Kier molecular flexibility index (Phi) is 57.7. The largest absolute Gasteiger partial charge is 2.00 e. The van der Waals surface area contributed by atoms with Crippen molar-refractivity contribution in [3.8, 4) is 0 Å². The summed E-state index contributed by atoms with van der Waals surface area (Å²) >= 11 is 0. The van der Waals surface area contributed by atoms with Crippen LogP contribution in [0.2, 0.25) is 0 Å². The van der Waals surface area contributed by atoms with E-state index in [0.717, 1.165) is 0 Å². The van der Waals surface area contributed by atoms with Crippen LogP contribution in [0.25, 0.3) is 0 Å². The van der Waals surface area contributed by atoms with Crippen LogP contribution in [0.4, 0.5) is 0 Å². The summed E-state index contributed by atoms with van der Waals surface area (Å²) in [5, 5.41) is 50.9. The molecule has 0 aromatic carbocycles. The minimum atomic E-state index is 0. The summed E-state index contributed by atoms with van der Waals surface area (Å²) in [6, 6.07) is 0. The van der Waals surface area contributed by atoms with Gasteiger partial charge in [-0.05, 0) is 0 Å². The Hall–Kier alpha value is 0.394. The molecule has 8 nitrogen and oxygen atoms in total.